The van der Waals surface area contributed by atoms with Crippen molar-refractivity contribution >= 4 is 28.6 Å². The van der Waals surface area contributed by atoms with Crippen LogP contribution in [0.2, 0.25) is 0 Å². The molecule has 0 N–H and O–H groups in total. The molecule has 4 rings (SSSR count). The minimum absolute atomic E-state index is 0.803. The van der Waals surface area contributed by atoms with Crippen molar-refractivity contribution in [3.8, 4) is 5.69 Å². The number of thioether (sulfide) groups is 1. The maximum atomic E-state index is 4.79. The quantitative estimate of drug-likeness (QED) is 0.536. The second-order valence-electron chi connectivity index (χ2n) is 6.21. The highest BCUT2D eigenvalue weighted by atomic mass is 32.2. The number of piperidine rings is 1. The molecule has 0 radical (unpaired) electrons. The van der Waals surface area contributed by atoms with E-state index in [1.165, 1.54) is 24.8 Å². The first kappa shape index (κ1) is 15.4. The summed E-state index contributed by atoms with van der Waals surface area (Å²) in [4.78, 5) is 11.9. The highest BCUT2D eigenvalue weighted by Gasteiger charge is 2.20. The standard InChI is InChI=1S/C18H21N5S/c1-13-6-8-14(9-7-13)23-17-15(12-19-23)16(20-18(21-17)24-2)22-10-4-3-5-11-22/h6-9,12H,3-5,10-11H2,1-2H3. The first-order valence-corrected chi connectivity index (χ1v) is 9.60. The topological polar surface area (TPSA) is 46.8 Å². The van der Waals surface area contributed by atoms with Crippen molar-refractivity contribution in [1.82, 2.24) is 19.7 Å². The molecule has 0 spiro atoms. The SMILES string of the molecule is CSc1nc(N2CCCCC2)c2cnn(-c3ccc(C)cc3)c2n1. The number of aryl methyl sites for hydroxylation is 1. The van der Waals surface area contributed by atoms with Crippen molar-refractivity contribution in [2.75, 3.05) is 24.2 Å². The Morgan fingerprint density at radius 2 is 1.75 bits per heavy atom. The van der Waals surface area contributed by atoms with Crippen LogP contribution >= 0.6 is 11.8 Å². The average molecular weight is 339 g/mol. The monoisotopic (exact) mass is 339 g/mol. The molecule has 1 fully saturated rings. The Hall–Kier alpha value is -2.08. The van der Waals surface area contributed by atoms with Gasteiger partial charge in [-0.3, -0.25) is 0 Å². The summed E-state index contributed by atoms with van der Waals surface area (Å²) in [6, 6.07) is 8.38. The molecule has 124 valence electrons. The van der Waals surface area contributed by atoms with Gasteiger partial charge in [-0.1, -0.05) is 29.5 Å². The van der Waals surface area contributed by atoms with Crippen LogP contribution in [0.15, 0.2) is 35.6 Å². The van der Waals surface area contributed by atoms with E-state index in [4.69, 9.17) is 9.97 Å². The van der Waals surface area contributed by atoms with E-state index in [1.54, 1.807) is 11.8 Å². The number of rotatable bonds is 3. The highest BCUT2D eigenvalue weighted by molar-refractivity contribution is 7.98. The van der Waals surface area contributed by atoms with Crippen molar-refractivity contribution in [3.05, 3.63) is 36.0 Å². The lowest BCUT2D eigenvalue weighted by Gasteiger charge is -2.28. The van der Waals surface area contributed by atoms with Crippen LogP contribution in [-0.2, 0) is 0 Å². The minimum atomic E-state index is 0.803. The molecule has 6 heteroatoms. The van der Waals surface area contributed by atoms with E-state index in [0.717, 1.165) is 40.8 Å². The zero-order chi connectivity index (χ0) is 16.5. The predicted molar refractivity (Wildman–Crippen MR) is 99.2 cm³/mol. The van der Waals surface area contributed by atoms with Crippen LogP contribution in [0.25, 0.3) is 16.7 Å². The molecule has 3 aromatic rings. The van der Waals surface area contributed by atoms with Gasteiger partial charge in [-0.15, -0.1) is 0 Å². The summed E-state index contributed by atoms with van der Waals surface area (Å²) < 4.78 is 1.92. The maximum Gasteiger partial charge on any atom is 0.191 e. The van der Waals surface area contributed by atoms with E-state index in [1.807, 2.05) is 17.1 Å². The average Bonchev–Trinajstić information content (AvgIpc) is 3.06. The van der Waals surface area contributed by atoms with E-state index in [0.29, 0.717) is 0 Å². The zero-order valence-corrected chi connectivity index (χ0v) is 14.9. The number of anilines is 1. The van der Waals surface area contributed by atoms with Gasteiger partial charge in [-0.05, 0) is 44.6 Å². The lowest BCUT2D eigenvalue weighted by Crippen LogP contribution is -2.30. The zero-order valence-electron chi connectivity index (χ0n) is 14.1. The summed E-state index contributed by atoms with van der Waals surface area (Å²) in [5.74, 6) is 1.03. The van der Waals surface area contributed by atoms with E-state index in [2.05, 4.69) is 41.2 Å². The van der Waals surface area contributed by atoms with E-state index in [9.17, 15) is 0 Å². The fourth-order valence-electron chi connectivity index (χ4n) is 3.19. The summed E-state index contributed by atoms with van der Waals surface area (Å²) in [5.41, 5.74) is 3.16. The Kier molecular flexibility index (Phi) is 4.14. The lowest BCUT2D eigenvalue weighted by atomic mass is 10.1. The first-order chi connectivity index (χ1) is 11.8. The summed E-state index contributed by atoms with van der Waals surface area (Å²) in [6.07, 6.45) is 7.69. The van der Waals surface area contributed by atoms with Gasteiger partial charge in [0.1, 0.15) is 5.82 Å². The fraction of sp³-hybridized carbons (Fsp3) is 0.389. The van der Waals surface area contributed by atoms with Crippen molar-refractivity contribution < 1.29 is 0 Å². The molecular formula is C18H21N5S. The smallest absolute Gasteiger partial charge is 0.191 e. The second kappa shape index (κ2) is 6.43. The molecule has 1 saturated heterocycles. The molecule has 24 heavy (non-hydrogen) atoms. The fourth-order valence-corrected chi connectivity index (χ4v) is 3.54. The van der Waals surface area contributed by atoms with E-state index >= 15 is 0 Å². The number of nitrogens with zero attached hydrogens (tertiary/aromatic N) is 5. The van der Waals surface area contributed by atoms with Crippen LogP contribution in [0.4, 0.5) is 5.82 Å². The molecule has 0 amide bonds. The molecule has 0 atom stereocenters. The highest BCUT2D eigenvalue weighted by Crippen LogP contribution is 2.29. The largest absolute Gasteiger partial charge is 0.356 e. The summed E-state index contributed by atoms with van der Waals surface area (Å²) >= 11 is 1.58. The third kappa shape index (κ3) is 2.75. The number of fused-ring (bicyclic) bond motifs is 1. The van der Waals surface area contributed by atoms with Crippen molar-refractivity contribution in [2.24, 2.45) is 0 Å². The Bertz CT molecular complexity index is 850. The lowest BCUT2D eigenvalue weighted by molar-refractivity contribution is 0.573. The number of hydrogen-bond acceptors (Lipinski definition) is 5. The molecule has 0 unspecified atom stereocenters. The molecule has 1 aromatic carbocycles. The Labute approximate surface area is 146 Å². The van der Waals surface area contributed by atoms with Crippen molar-refractivity contribution in [1.29, 1.82) is 0 Å². The van der Waals surface area contributed by atoms with Crippen LogP contribution in [0.1, 0.15) is 24.8 Å². The van der Waals surface area contributed by atoms with Crippen LogP contribution in [0.3, 0.4) is 0 Å². The molecule has 0 saturated carbocycles. The number of hydrogen-bond donors (Lipinski definition) is 0. The predicted octanol–water partition coefficient (Wildman–Crippen LogP) is 3.84. The Morgan fingerprint density at radius 1 is 1.00 bits per heavy atom. The first-order valence-electron chi connectivity index (χ1n) is 8.38. The third-order valence-electron chi connectivity index (χ3n) is 4.50. The molecule has 0 bridgehead atoms. The van der Waals surface area contributed by atoms with Gasteiger partial charge in [0.05, 0.1) is 17.3 Å². The molecule has 3 heterocycles. The van der Waals surface area contributed by atoms with Gasteiger partial charge in [-0.2, -0.15) is 5.10 Å². The maximum absolute atomic E-state index is 4.79. The van der Waals surface area contributed by atoms with Crippen LogP contribution in [0, 0.1) is 6.92 Å². The van der Waals surface area contributed by atoms with Gasteiger partial charge in [-0.25, -0.2) is 14.6 Å². The third-order valence-corrected chi connectivity index (χ3v) is 5.05. The molecule has 1 aliphatic heterocycles. The Balaban J connectivity index is 1.87. The van der Waals surface area contributed by atoms with Crippen molar-refractivity contribution in [2.45, 2.75) is 31.3 Å². The van der Waals surface area contributed by atoms with Gasteiger partial charge in [0, 0.05) is 13.1 Å². The summed E-state index contributed by atoms with van der Waals surface area (Å²) in [6.45, 7) is 4.22. The van der Waals surface area contributed by atoms with Gasteiger partial charge in [0.2, 0.25) is 0 Å². The van der Waals surface area contributed by atoms with Gasteiger partial charge in [0.15, 0.2) is 10.8 Å². The number of aromatic nitrogens is 4. The van der Waals surface area contributed by atoms with Gasteiger partial charge < -0.3 is 4.90 Å². The van der Waals surface area contributed by atoms with E-state index < -0.39 is 0 Å². The van der Waals surface area contributed by atoms with Crippen molar-refractivity contribution in [3.63, 3.8) is 0 Å². The van der Waals surface area contributed by atoms with Crippen LogP contribution in [0.5, 0.6) is 0 Å². The summed E-state index contributed by atoms with van der Waals surface area (Å²) in [7, 11) is 0. The van der Waals surface area contributed by atoms with Gasteiger partial charge in [0.25, 0.3) is 0 Å². The minimum Gasteiger partial charge on any atom is -0.356 e. The van der Waals surface area contributed by atoms with Crippen LogP contribution < -0.4 is 4.90 Å². The normalized spacial score (nSPS) is 15.2. The van der Waals surface area contributed by atoms with Gasteiger partial charge >= 0.3 is 0 Å². The molecule has 1 aliphatic rings. The second-order valence-corrected chi connectivity index (χ2v) is 6.98. The Morgan fingerprint density at radius 3 is 2.46 bits per heavy atom. The number of benzene rings is 1. The molecule has 0 aliphatic carbocycles. The summed E-state index contributed by atoms with van der Waals surface area (Å²) in [5, 5.41) is 6.44. The van der Waals surface area contributed by atoms with Crippen LogP contribution in [-0.4, -0.2) is 39.1 Å². The van der Waals surface area contributed by atoms with E-state index in [-0.39, 0.29) is 0 Å². The molecule has 2 aromatic heterocycles. The molecule has 5 nitrogen and oxygen atoms in total. The molecular weight excluding hydrogens is 318 g/mol.